The average molecular weight is 492 g/mol. The van der Waals surface area contributed by atoms with Gasteiger partial charge in [0.15, 0.2) is 12.3 Å². The van der Waals surface area contributed by atoms with Crippen molar-refractivity contribution >= 4 is 15.6 Å². The fourth-order valence-electron chi connectivity index (χ4n) is 2.79. The van der Waals surface area contributed by atoms with Gasteiger partial charge in [-0.25, -0.2) is 13.9 Å². The Kier molecular flexibility index (Phi) is 8.14. The van der Waals surface area contributed by atoms with E-state index in [2.05, 4.69) is 8.83 Å². The topological polar surface area (TPSA) is 227 Å². The van der Waals surface area contributed by atoms with Gasteiger partial charge in [0.1, 0.15) is 18.8 Å². The van der Waals surface area contributed by atoms with Gasteiger partial charge in [-0.15, -0.1) is 0 Å². The number of aromatic amines is 1. The fraction of sp³-hybridized carbons (Fsp3) is 0.692. The molecular formula is C13H24N3O13P2+. The lowest BCUT2D eigenvalue weighted by Gasteiger charge is -2.31. The van der Waals surface area contributed by atoms with Gasteiger partial charge in [0.2, 0.25) is 0 Å². The van der Waals surface area contributed by atoms with Gasteiger partial charge in [0, 0.05) is 12.3 Å². The zero-order chi connectivity index (χ0) is 23.6. The van der Waals surface area contributed by atoms with E-state index in [1.807, 2.05) is 4.98 Å². The minimum Gasteiger partial charge on any atom is -0.390 e. The Morgan fingerprint density at radius 2 is 1.90 bits per heavy atom. The SMILES string of the molecule is C[N+](C)(CCO)O[C@H]1[C@@H](O)[C@H](n2ccc(=O)[nH]c2=O)O[C@@H]1COP(=O)(O)OP(=O)(O)O. The number of nitrogens with one attached hydrogen (secondary N) is 1. The van der Waals surface area contributed by atoms with Crippen LogP contribution in [-0.4, -0.2) is 91.3 Å². The lowest BCUT2D eigenvalue weighted by atomic mass is 10.1. The van der Waals surface area contributed by atoms with Crippen molar-refractivity contribution in [3.8, 4) is 0 Å². The number of quaternary nitrogens is 1. The van der Waals surface area contributed by atoms with Gasteiger partial charge >= 0.3 is 21.3 Å². The van der Waals surface area contributed by atoms with E-state index >= 15 is 0 Å². The molecule has 6 N–H and O–H groups in total. The van der Waals surface area contributed by atoms with Gasteiger partial charge in [-0.3, -0.25) is 18.9 Å². The number of phosphoric ester groups is 1. The van der Waals surface area contributed by atoms with Crippen LogP contribution in [0.5, 0.6) is 0 Å². The highest BCUT2D eigenvalue weighted by Crippen LogP contribution is 2.57. The number of rotatable bonds is 10. The fourth-order valence-corrected chi connectivity index (χ4v) is 4.39. The maximum atomic E-state index is 12.1. The lowest BCUT2D eigenvalue weighted by Crippen LogP contribution is -2.50. The molecule has 31 heavy (non-hydrogen) atoms. The third-order valence-electron chi connectivity index (χ3n) is 4.09. The Labute approximate surface area is 174 Å². The summed E-state index contributed by atoms with van der Waals surface area (Å²) in [6.07, 6.45) is -4.57. The molecule has 1 saturated heterocycles. The highest BCUT2D eigenvalue weighted by molar-refractivity contribution is 7.60. The smallest absolute Gasteiger partial charge is 0.390 e. The number of phosphoric acid groups is 2. The Morgan fingerprint density at radius 3 is 2.45 bits per heavy atom. The van der Waals surface area contributed by atoms with Gasteiger partial charge in [-0.2, -0.15) is 13.8 Å². The van der Waals surface area contributed by atoms with E-state index < -0.39 is 58.0 Å². The summed E-state index contributed by atoms with van der Waals surface area (Å²) in [5.74, 6) is 0. The Bertz CT molecular complexity index is 972. The molecule has 1 aromatic rings. The highest BCUT2D eigenvalue weighted by atomic mass is 31.3. The number of hydrogen-bond donors (Lipinski definition) is 6. The number of hydrogen-bond acceptors (Lipinski definition) is 10. The number of ether oxygens (including phenoxy) is 1. The van der Waals surface area contributed by atoms with Gasteiger partial charge < -0.3 is 29.6 Å². The molecule has 0 aliphatic carbocycles. The highest BCUT2D eigenvalue weighted by Gasteiger charge is 2.50. The van der Waals surface area contributed by atoms with Crippen LogP contribution in [0.15, 0.2) is 21.9 Å². The van der Waals surface area contributed by atoms with Crippen molar-refractivity contribution in [3.63, 3.8) is 0 Å². The largest absolute Gasteiger partial charge is 0.481 e. The van der Waals surface area contributed by atoms with Gasteiger partial charge in [-0.05, 0) is 0 Å². The van der Waals surface area contributed by atoms with Crippen LogP contribution >= 0.6 is 15.6 Å². The van der Waals surface area contributed by atoms with E-state index in [0.29, 0.717) is 0 Å². The Balaban J connectivity index is 2.29. The van der Waals surface area contributed by atoms with Crippen molar-refractivity contribution < 1.29 is 57.1 Å². The molecule has 178 valence electrons. The number of aliphatic hydroxyl groups excluding tert-OH is 2. The molecule has 1 aliphatic rings. The normalized spacial score (nSPS) is 26.7. The van der Waals surface area contributed by atoms with Crippen molar-refractivity contribution in [2.45, 2.75) is 24.5 Å². The number of nitrogens with zero attached hydrogens (tertiary/aromatic N) is 2. The monoisotopic (exact) mass is 492 g/mol. The lowest BCUT2D eigenvalue weighted by molar-refractivity contribution is -1.08. The van der Waals surface area contributed by atoms with Crippen molar-refractivity contribution in [1.29, 1.82) is 0 Å². The summed E-state index contributed by atoms with van der Waals surface area (Å²) in [5, 5.41) is 19.9. The van der Waals surface area contributed by atoms with Crippen LogP contribution in [0.3, 0.4) is 0 Å². The summed E-state index contributed by atoms with van der Waals surface area (Å²) in [7, 11) is -7.54. The maximum Gasteiger partial charge on any atom is 0.481 e. The standard InChI is InChI=1S/C13H23N3O13P2/c1-16(2,5-6-17)28-11-8(7-26-31(24,25)29-30(21,22)23)27-12(10(11)19)15-4-3-9(18)14-13(15)20/h3-4,8,10-12,17,19H,5-7H2,1-2H3,(H3-,14,18,20,21,22,23,24,25)/p+1/t8-,10-,11-,12-/m1/s1. The molecule has 0 radical (unpaired) electrons. The van der Waals surface area contributed by atoms with Crippen LogP contribution in [0, 0.1) is 0 Å². The Morgan fingerprint density at radius 1 is 1.26 bits per heavy atom. The summed E-state index contributed by atoms with van der Waals surface area (Å²) < 4.78 is 36.8. The van der Waals surface area contributed by atoms with Gasteiger partial charge in [0.05, 0.1) is 27.3 Å². The van der Waals surface area contributed by atoms with E-state index in [-0.39, 0.29) is 17.8 Å². The second-order valence-corrected chi connectivity index (χ2v) is 9.83. The first-order chi connectivity index (χ1) is 14.1. The number of hydroxylamine groups is 3. The summed E-state index contributed by atoms with van der Waals surface area (Å²) in [5.41, 5.74) is -1.61. The molecular weight excluding hydrogens is 468 g/mol. The van der Waals surface area contributed by atoms with E-state index in [9.17, 15) is 28.7 Å². The van der Waals surface area contributed by atoms with Crippen LogP contribution < -0.4 is 11.2 Å². The van der Waals surface area contributed by atoms with Crippen molar-refractivity contribution in [2.75, 3.05) is 33.9 Å². The molecule has 5 atom stereocenters. The molecule has 16 nitrogen and oxygen atoms in total. The number of aliphatic hydroxyl groups is 2. The van der Waals surface area contributed by atoms with Crippen LogP contribution in [0.2, 0.25) is 0 Å². The van der Waals surface area contributed by atoms with Crippen molar-refractivity contribution in [1.82, 2.24) is 9.55 Å². The molecule has 18 heteroatoms. The van der Waals surface area contributed by atoms with Gasteiger partial charge in [-0.1, -0.05) is 0 Å². The summed E-state index contributed by atoms with van der Waals surface area (Å²) in [6, 6.07) is 0.999. The Hall–Kier alpha value is -1.26. The third kappa shape index (κ3) is 7.39. The number of likely N-dealkylation sites (N-methyl/N-ethyl adjacent to an activating group) is 1. The zero-order valence-electron chi connectivity index (χ0n) is 16.4. The first-order valence-electron chi connectivity index (χ1n) is 8.65. The second-order valence-electron chi connectivity index (χ2n) is 7.00. The van der Waals surface area contributed by atoms with E-state index in [1.165, 1.54) is 14.1 Å². The molecule has 1 aromatic heterocycles. The van der Waals surface area contributed by atoms with Crippen LogP contribution in [0.25, 0.3) is 0 Å². The first-order valence-corrected chi connectivity index (χ1v) is 11.7. The molecule has 0 aromatic carbocycles. The van der Waals surface area contributed by atoms with Gasteiger partial charge in [0.25, 0.3) is 5.56 Å². The summed E-state index contributed by atoms with van der Waals surface area (Å²) in [4.78, 5) is 57.9. The van der Waals surface area contributed by atoms with E-state index in [4.69, 9.17) is 24.5 Å². The second kappa shape index (κ2) is 9.70. The molecule has 0 spiro atoms. The quantitative estimate of drug-likeness (QED) is 0.112. The summed E-state index contributed by atoms with van der Waals surface area (Å²) in [6.45, 7) is -1.06. The van der Waals surface area contributed by atoms with Crippen molar-refractivity contribution in [2.24, 2.45) is 0 Å². The average Bonchev–Trinajstić information content (AvgIpc) is 2.87. The predicted octanol–water partition coefficient (Wildman–Crippen LogP) is -2.61. The summed E-state index contributed by atoms with van der Waals surface area (Å²) >= 11 is 0. The molecule has 2 heterocycles. The zero-order valence-corrected chi connectivity index (χ0v) is 18.2. The molecule has 1 aliphatic heterocycles. The van der Waals surface area contributed by atoms with Crippen LogP contribution in [0.4, 0.5) is 0 Å². The predicted molar refractivity (Wildman–Crippen MR) is 99.1 cm³/mol. The first kappa shape index (κ1) is 26.0. The minimum absolute atomic E-state index is 0.0693. The van der Waals surface area contributed by atoms with E-state index in [0.717, 1.165) is 16.8 Å². The molecule has 1 unspecified atom stereocenters. The maximum absolute atomic E-state index is 12.1. The minimum atomic E-state index is -5.36. The molecule has 0 amide bonds. The molecule has 0 bridgehead atoms. The van der Waals surface area contributed by atoms with Crippen molar-refractivity contribution in [3.05, 3.63) is 33.1 Å². The molecule has 0 saturated carbocycles. The van der Waals surface area contributed by atoms with E-state index in [1.54, 1.807) is 0 Å². The molecule has 1 fully saturated rings. The van der Waals surface area contributed by atoms with Crippen LogP contribution in [-0.2, 0) is 27.5 Å². The van der Waals surface area contributed by atoms with Crippen LogP contribution in [0.1, 0.15) is 6.23 Å². The molecule has 2 rings (SSSR count). The number of aromatic nitrogens is 2. The number of H-pyrrole nitrogens is 1. The third-order valence-corrected chi connectivity index (χ3v) is 6.24.